The Hall–Kier alpha value is -1.76. The third-order valence-electron chi connectivity index (χ3n) is 3.75. The molecule has 4 rings (SSSR count). The summed E-state index contributed by atoms with van der Waals surface area (Å²) in [6.45, 7) is 0. The van der Waals surface area contributed by atoms with Crippen LogP contribution in [0.25, 0.3) is 0 Å². The fourth-order valence-electron chi connectivity index (χ4n) is 2.77. The van der Waals surface area contributed by atoms with Crippen LogP contribution < -0.4 is 15.9 Å². The second-order valence-corrected chi connectivity index (χ2v) is 8.76. The van der Waals surface area contributed by atoms with Crippen LogP contribution in [-0.2, 0) is 4.57 Å². The molecule has 0 spiro atoms. The fourth-order valence-corrected chi connectivity index (χ4v) is 7.46. The molecule has 3 aromatic rings. The summed E-state index contributed by atoms with van der Waals surface area (Å²) in [5.74, 6) is 0. The number of hydrogen-bond donors (Lipinski definition) is 0. The van der Waals surface area contributed by atoms with Crippen LogP contribution in [0.4, 0.5) is 0 Å². The van der Waals surface area contributed by atoms with Crippen LogP contribution in [0, 0.1) is 0 Å². The van der Waals surface area contributed by atoms with E-state index in [9.17, 15) is 4.57 Å². The average Bonchev–Trinajstić information content (AvgIpc) is 2.56. The van der Waals surface area contributed by atoms with E-state index in [1.54, 1.807) is 11.8 Å². The number of benzene rings is 3. The minimum Gasteiger partial charge on any atom is -0.309 e. The Balaban J connectivity index is 2.09. The molecule has 3 aromatic carbocycles. The van der Waals surface area contributed by atoms with Crippen molar-refractivity contribution in [1.29, 1.82) is 0 Å². The molecule has 0 amide bonds. The molecule has 0 bridgehead atoms. The van der Waals surface area contributed by atoms with E-state index >= 15 is 0 Å². The molecule has 0 saturated heterocycles. The predicted octanol–water partition coefficient (Wildman–Crippen LogP) is 3.79. The Morgan fingerprint density at radius 3 is 1.67 bits per heavy atom. The van der Waals surface area contributed by atoms with E-state index in [1.807, 2.05) is 66.7 Å². The van der Waals surface area contributed by atoms with Crippen molar-refractivity contribution in [1.82, 2.24) is 0 Å². The molecule has 0 unspecified atom stereocenters. The molecular formula is C18H13OPS. The van der Waals surface area contributed by atoms with Crippen LogP contribution in [0.5, 0.6) is 0 Å². The zero-order valence-corrected chi connectivity index (χ0v) is 13.0. The lowest BCUT2D eigenvalue weighted by atomic mass is 10.3. The first-order chi connectivity index (χ1) is 10.3. The maximum absolute atomic E-state index is 14.1. The predicted molar refractivity (Wildman–Crippen MR) is 90.0 cm³/mol. The van der Waals surface area contributed by atoms with E-state index in [2.05, 4.69) is 12.1 Å². The van der Waals surface area contributed by atoms with Gasteiger partial charge < -0.3 is 4.57 Å². The van der Waals surface area contributed by atoms with Gasteiger partial charge in [-0.25, -0.2) is 0 Å². The van der Waals surface area contributed by atoms with E-state index in [0.717, 1.165) is 25.7 Å². The van der Waals surface area contributed by atoms with Crippen molar-refractivity contribution in [2.75, 3.05) is 0 Å². The number of fused-ring (bicyclic) bond motifs is 2. The first-order valence-electron chi connectivity index (χ1n) is 6.83. The normalized spacial score (nSPS) is 15.0. The summed E-state index contributed by atoms with van der Waals surface area (Å²) >= 11 is 1.71. The van der Waals surface area contributed by atoms with Gasteiger partial charge in [-0.05, 0) is 24.3 Å². The van der Waals surface area contributed by atoms with Crippen LogP contribution >= 0.6 is 18.9 Å². The highest BCUT2D eigenvalue weighted by Gasteiger charge is 2.37. The molecule has 0 aromatic heterocycles. The molecule has 102 valence electrons. The van der Waals surface area contributed by atoms with Crippen molar-refractivity contribution in [3.05, 3.63) is 78.9 Å². The van der Waals surface area contributed by atoms with Crippen molar-refractivity contribution in [3.8, 4) is 0 Å². The molecule has 1 aliphatic heterocycles. The Morgan fingerprint density at radius 2 is 1.10 bits per heavy atom. The van der Waals surface area contributed by atoms with E-state index in [4.69, 9.17) is 0 Å². The third kappa shape index (κ3) is 1.91. The van der Waals surface area contributed by atoms with Gasteiger partial charge in [0.15, 0.2) is 7.14 Å². The highest BCUT2D eigenvalue weighted by molar-refractivity contribution is 8.02. The second kappa shape index (κ2) is 4.91. The largest absolute Gasteiger partial charge is 0.309 e. The number of hydrogen-bond acceptors (Lipinski definition) is 2. The molecule has 0 saturated carbocycles. The lowest BCUT2D eigenvalue weighted by Crippen LogP contribution is -2.30. The maximum Gasteiger partial charge on any atom is 0.173 e. The van der Waals surface area contributed by atoms with E-state index < -0.39 is 7.14 Å². The Bertz CT molecular complexity index is 808. The highest BCUT2D eigenvalue weighted by Crippen LogP contribution is 2.51. The van der Waals surface area contributed by atoms with Crippen LogP contribution in [-0.4, -0.2) is 0 Å². The molecule has 1 aliphatic rings. The van der Waals surface area contributed by atoms with Gasteiger partial charge in [-0.3, -0.25) is 0 Å². The monoisotopic (exact) mass is 308 g/mol. The third-order valence-corrected chi connectivity index (χ3v) is 8.37. The van der Waals surface area contributed by atoms with Gasteiger partial charge >= 0.3 is 0 Å². The summed E-state index contributed by atoms with van der Waals surface area (Å²) < 4.78 is 14.1. The molecule has 0 fully saturated rings. The Labute approximate surface area is 128 Å². The van der Waals surface area contributed by atoms with Crippen LogP contribution in [0.2, 0.25) is 0 Å². The summed E-state index contributed by atoms with van der Waals surface area (Å²) in [6, 6.07) is 25.9. The topological polar surface area (TPSA) is 17.1 Å². The molecule has 1 heterocycles. The Kier molecular flexibility index (Phi) is 3.02. The molecule has 0 aliphatic carbocycles. The van der Waals surface area contributed by atoms with Crippen molar-refractivity contribution in [2.24, 2.45) is 0 Å². The average molecular weight is 308 g/mol. The van der Waals surface area contributed by atoms with Gasteiger partial charge in [-0.2, -0.15) is 0 Å². The van der Waals surface area contributed by atoms with Gasteiger partial charge in [-0.15, -0.1) is 0 Å². The lowest BCUT2D eigenvalue weighted by molar-refractivity contribution is 0.591. The van der Waals surface area contributed by atoms with Gasteiger partial charge in [0, 0.05) is 25.7 Å². The van der Waals surface area contributed by atoms with Crippen molar-refractivity contribution in [3.63, 3.8) is 0 Å². The van der Waals surface area contributed by atoms with Crippen LogP contribution in [0.3, 0.4) is 0 Å². The Morgan fingerprint density at radius 1 is 0.619 bits per heavy atom. The van der Waals surface area contributed by atoms with E-state index in [1.165, 1.54) is 0 Å². The highest BCUT2D eigenvalue weighted by atomic mass is 32.2. The zero-order chi connectivity index (χ0) is 14.3. The van der Waals surface area contributed by atoms with Crippen molar-refractivity contribution >= 4 is 34.8 Å². The van der Waals surface area contributed by atoms with E-state index in [0.29, 0.717) is 0 Å². The molecule has 0 radical (unpaired) electrons. The summed E-state index contributed by atoms with van der Waals surface area (Å²) in [7, 11) is -2.77. The first-order valence-corrected chi connectivity index (χ1v) is 9.35. The summed E-state index contributed by atoms with van der Waals surface area (Å²) in [6.07, 6.45) is 0. The van der Waals surface area contributed by atoms with Crippen LogP contribution in [0.1, 0.15) is 0 Å². The molecule has 21 heavy (non-hydrogen) atoms. The summed E-state index contributed by atoms with van der Waals surface area (Å²) in [4.78, 5) is 2.20. The number of rotatable bonds is 1. The molecule has 0 N–H and O–H groups in total. The summed E-state index contributed by atoms with van der Waals surface area (Å²) in [5.41, 5.74) is 0. The maximum atomic E-state index is 14.1. The van der Waals surface area contributed by atoms with E-state index in [-0.39, 0.29) is 0 Å². The minimum atomic E-state index is -2.77. The zero-order valence-electron chi connectivity index (χ0n) is 11.3. The molecule has 3 heteroatoms. The van der Waals surface area contributed by atoms with Gasteiger partial charge in [-0.1, -0.05) is 66.4 Å². The molecular weight excluding hydrogens is 295 g/mol. The standard InChI is InChI=1S/C18H13OPS/c19-20(14-8-2-1-3-9-14)15-10-4-6-12-17(15)21-18-13-7-5-11-16(18)20/h1-13H. The van der Waals surface area contributed by atoms with Crippen molar-refractivity contribution in [2.45, 2.75) is 9.79 Å². The molecule has 1 nitrogen and oxygen atoms in total. The minimum absolute atomic E-state index is 0.908. The lowest BCUT2D eigenvalue weighted by Gasteiger charge is -2.28. The SMILES string of the molecule is O=P1(c2ccccc2)c2ccccc2Sc2ccccc21. The van der Waals surface area contributed by atoms with Gasteiger partial charge in [0.05, 0.1) is 0 Å². The summed E-state index contributed by atoms with van der Waals surface area (Å²) in [5, 5.41) is 2.82. The van der Waals surface area contributed by atoms with Gasteiger partial charge in [0.2, 0.25) is 0 Å². The quantitative estimate of drug-likeness (QED) is 0.498. The van der Waals surface area contributed by atoms with Crippen molar-refractivity contribution < 1.29 is 4.57 Å². The van der Waals surface area contributed by atoms with Gasteiger partial charge in [0.1, 0.15) is 0 Å². The fraction of sp³-hybridized carbons (Fsp3) is 0. The smallest absolute Gasteiger partial charge is 0.173 e. The van der Waals surface area contributed by atoms with Gasteiger partial charge in [0.25, 0.3) is 0 Å². The molecule has 0 atom stereocenters. The van der Waals surface area contributed by atoms with Crippen LogP contribution in [0.15, 0.2) is 88.7 Å². The first kappa shape index (κ1) is 12.9. The second-order valence-electron chi connectivity index (χ2n) is 4.98.